The Kier molecular flexibility index (Phi) is 5.15. The first-order chi connectivity index (χ1) is 9.65. The zero-order chi connectivity index (χ0) is 14.4. The molecule has 5 heteroatoms. The highest BCUT2D eigenvalue weighted by molar-refractivity contribution is 7.10. The quantitative estimate of drug-likeness (QED) is 0.791. The second kappa shape index (κ2) is 7.07. The van der Waals surface area contributed by atoms with E-state index in [4.69, 9.17) is 0 Å². The average Bonchev–Trinajstić information content (AvgIpc) is 2.92. The first-order valence-corrected chi connectivity index (χ1v) is 7.36. The van der Waals surface area contributed by atoms with Gasteiger partial charge in [-0.05, 0) is 42.5 Å². The molecule has 2 aromatic rings. The van der Waals surface area contributed by atoms with Crippen molar-refractivity contribution in [2.24, 2.45) is 0 Å². The number of aliphatic hydroxyl groups is 1. The third kappa shape index (κ3) is 4.36. The van der Waals surface area contributed by atoms with Gasteiger partial charge in [-0.3, -0.25) is 0 Å². The second-order valence-corrected chi connectivity index (χ2v) is 5.55. The van der Waals surface area contributed by atoms with Gasteiger partial charge < -0.3 is 15.7 Å². The topological polar surface area (TPSA) is 61.4 Å². The number of anilines is 1. The van der Waals surface area contributed by atoms with Crippen molar-refractivity contribution in [2.75, 3.05) is 11.9 Å². The number of thiophene rings is 1. The van der Waals surface area contributed by atoms with E-state index in [1.54, 1.807) is 0 Å². The Morgan fingerprint density at radius 3 is 2.90 bits per heavy atom. The number of rotatable bonds is 5. The normalized spacial score (nSPS) is 11.9. The van der Waals surface area contributed by atoms with Gasteiger partial charge in [0.25, 0.3) is 0 Å². The van der Waals surface area contributed by atoms with Crippen LogP contribution in [0.15, 0.2) is 41.8 Å². The molecule has 0 aliphatic rings. The van der Waals surface area contributed by atoms with Crippen molar-refractivity contribution in [3.05, 3.63) is 52.2 Å². The minimum absolute atomic E-state index is 0.256. The maximum atomic E-state index is 11.7. The number of aliphatic hydroxyl groups excluding tert-OH is 1. The molecule has 1 aromatic carbocycles. The summed E-state index contributed by atoms with van der Waals surface area (Å²) in [6.45, 7) is 2.40. The predicted molar refractivity (Wildman–Crippen MR) is 82.1 cm³/mol. The number of carbonyl (C=O) groups excluding carboxylic acids is 1. The molecule has 106 valence electrons. The molecule has 1 heterocycles. The maximum absolute atomic E-state index is 11.7. The Balaban J connectivity index is 1.73. The predicted octanol–water partition coefficient (Wildman–Crippen LogP) is 3.30. The Morgan fingerprint density at radius 2 is 2.20 bits per heavy atom. The SMILES string of the molecule is Cc1cccc(NC(=O)NCCC(O)c2cccs2)c1. The summed E-state index contributed by atoms with van der Waals surface area (Å²) < 4.78 is 0. The first-order valence-electron chi connectivity index (χ1n) is 6.48. The lowest BCUT2D eigenvalue weighted by Gasteiger charge is -2.10. The van der Waals surface area contributed by atoms with Gasteiger partial charge in [0.2, 0.25) is 0 Å². The molecule has 1 aromatic heterocycles. The van der Waals surface area contributed by atoms with Crippen molar-refractivity contribution in [2.45, 2.75) is 19.4 Å². The number of hydrogen-bond acceptors (Lipinski definition) is 3. The van der Waals surface area contributed by atoms with Crippen molar-refractivity contribution < 1.29 is 9.90 Å². The highest BCUT2D eigenvalue weighted by Gasteiger charge is 2.09. The van der Waals surface area contributed by atoms with Crippen LogP contribution in [0, 0.1) is 6.92 Å². The fraction of sp³-hybridized carbons (Fsp3) is 0.267. The van der Waals surface area contributed by atoms with Crippen LogP contribution >= 0.6 is 11.3 Å². The molecule has 0 saturated heterocycles. The van der Waals surface area contributed by atoms with Gasteiger partial charge in [0.15, 0.2) is 0 Å². The number of nitrogens with one attached hydrogen (secondary N) is 2. The third-order valence-corrected chi connectivity index (χ3v) is 3.82. The Hall–Kier alpha value is -1.85. The molecule has 4 nitrogen and oxygen atoms in total. The summed E-state index contributed by atoms with van der Waals surface area (Å²) in [4.78, 5) is 12.6. The van der Waals surface area contributed by atoms with Gasteiger partial charge in [0.05, 0.1) is 6.10 Å². The Bertz CT molecular complexity index is 555. The lowest BCUT2D eigenvalue weighted by Crippen LogP contribution is -2.30. The molecule has 3 N–H and O–H groups in total. The van der Waals surface area contributed by atoms with Crippen LogP contribution in [0.3, 0.4) is 0 Å². The molecule has 0 saturated carbocycles. The van der Waals surface area contributed by atoms with Gasteiger partial charge in [-0.2, -0.15) is 0 Å². The minimum atomic E-state index is -0.519. The first kappa shape index (κ1) is 14.6. The second-order valence-electron chi connectivity index (χ2n) is 4.57. The van der Waals surface area contributed by atoms with Crippen LogP contribution < -0.4 is 10.6 Å². The van der Waals surface area contributed by atoms with E-state index in [1.807, 2.05) is 48.7 Å². The summed E-state index contributed by atoms with van der Waals surface area (Å²) in [5.41, 5.74) is 1.86. The van der Waals surface area contributed by atoms with Crippen LogP contribution in [-0.4, -0.2) is 17.7 Å². The maximum Gasteiger partial charge on any atom is 0.319 e. The van der Waals surface area contributed by atoms with E-state index in [0.717, 1.165) is 16.1 Å². The van der Waals surface area contributed by atoms with Crippen LogP contribution in [-0.2, 0) is 0 Å². The lowest BCUT2D eigenvalue weighted by molar-refractivity contribution is 0.171. The van der Waals surface area contributed by atoms with E-state index in [0.29, 0.717) is 13.0 Å². The van der Waals surface area contributed by atoms with E-state index in [9.17, 15) is 9.90 Å². The van der Waals surface area contributed by atoms with Crippen molar-refractivity contribution in [3.8, 4) is 0 Å². The molecule has 0 bridgehead atoms. The number of urea groups is 1. The van der Waals surface area contributed by atoms with E-state index in [2.05, 4.69) is 10.6 Å². The highest BCUT2D eigenvalue weighted by Crippen LogP contribution is 2.20. The summed E-state index contributed by atoms with van der Waals surface area (Å²) in [5, 5.41) is 17.3. The van der Waals surface area contributed by atoms with Gasteiger partial charge in [-0.15, -0.1) is 11.3 Å². The third-order valence-electron chi connectivity index (χ3n) is 2.85. The number of carbonyl (C=O) groups is 1. The zero-order valence-electron chi connectivity index (χ0n) is 11.3. The zero-order valence-corrected chi connectivity index (χ0v) is 12.1. The van der Waals surface area contributed by atoms with Crippen LogP contribution in [0.2, 0.25) is 0 Å². The number of aryl methyl sites for hydroxylation is 1. The summed E-state index contributed by atoms with van der Waals surface area (Å²) >= 11 is 1.52. The van der Waals surface area contributed by atoms with Crippen molar-refractivity contribution >= 4 is 23.1 Å². The summed E-state index contributed by atoms with van der Waals surface area (Å²) in [6.07, 6.45) is -0.0175. The molecular weight excluding hydrogens is 272 g/mol. The number of benzene rings is 1. The minimum Gasteiger partial charge on any atom is -0.388 e. The molecule has 0 fully saturated rings. The summed E-state index contributed by atoms with van der Waals surface area (Å²) in [5.74, 6) is 0. The van der Waals surface area contributed by atoms with Crippen LogP contribution in [0.25, 0.3) is 0 Å². The molecule has 0 spiro atoms. The standard InChI is InChI=1S/C15H18N2O2S/c1-11-4-2-5-12(10-11)17-15(19)16-8-7-13(18)14-6-3-9-20-14/h2-6,9-10,13,18H,7-8H2,1H3,(H2,16,17,19). The van der Waals surface area contributed by atoms with E-state index in [-0.39, 0.29) is 6.03 Å². The van der Waals surface area contributed by atoms with E-state index in [1.165, 1.54) is 11.3 Å². The Labute approximate surface area is 122 Å². The van der Waals surface area contributed by atoms with Crippen LogP contribution in [0.5, 0.6) is 0 Å². The molecule has 1 unspecified atom stereocenters. The van der Waals surface area contributed by atoms with Crippen molar-refractivity contribution in [1.82, 2.24) is 5.32 Å². The number of hydrogen-bond donors (Lipinski definition) is 3. The van der Waals surface area contributed by atoms with Gasteiger partial charge in [0.1, 0.15) is 0 Å². The lowest BCUT2D eigenvalue weighted by atomic mass is 10.2. The Morgan fingerprint density at radius 1 is 1.35 bits per heavy atom. The largest absolute Gasteiger partial charge is 0.388 e. The monoisotopic (exact) mass is 290 g/mol. The van der Waals surface area contributed by atoms with Crippen LogP contribution in [0.1, 0.15) is 23.0 Å². The molecule has 1 atom stereocenters. The van der Waals surface area contributed by atoms with Crippen molar-refractivity contribution in [1.29, 1.82) is 0 Å². The molecular formula is C15H18N2O2S. The fourth-order valence-electron chi connectivity index (χ4n) is 1.84. The smallest absolute Gasteiger partial charge is 0.319 e. The molecule has 20 heavy (non-hydrogen) atoms. The van der Waals surface area contributed by atoms with E-state index >= 15 is 0 Å². The summed E-state index contributed by atoms with van der Waals surface area (Å²) in [7, 11) is 0. The van der Waals surface area contributed by atoms with E-state index < -0.39 is 6.10 Å². The van der Waals surface area contributed by atoms with Gasteiger partial charge in [-0.1, -0.05) is 18.2 Å². The summed E-state index contributed by atoms with van der Waals surface area (Å²) in [6, 6.07) is 11.1. The van der Waals surface area contributed by atoms with Gasteiger partial charge >= 0.3 is 6.03 Å². The van der Waals surface area contributed by atoms with Gasteiger partial charge in [-0.25, -0.2) is 4.79 Å². The molecule has 0 aliphatic carbocycles. The molecule has 0 aliphatic heterocycles. The fourth-order valence-corrected chi connectivity index (χ4v) is 2.59. The molecule has 2 rings (SSSR count). The number of amides is 2. The van der Waals surface area contributed by atoms with Crippen molar-refractivity contribution in [3.63, 3.8) is 0 Å². The highest BCUT2D eigenvalue weighted by atomic mass is 32.1. The molecule has 2 amide bonds. The molecule has 0 radical (unpaired) electrons. The average molecular weight is 290 g/mol. The van der Waals surface area contributed by atoms with Gasteiger partial charge in [0, 0.05) is 17.1 Å². The van der Waals surface area contributed by atoms with Crippen LogP contribution in [0.4, 0.5) is 10.5 Å².